The Morgan fingerprint density at radius 2 is 0.900 bits per heavy atom. The number of benzene rings is 3. The molecular weight excluding hydrogens is 418 g/mol. The summed E-state index contributed by atoms with van der Waals surface area (Å²) in [5.41, 5.74) is 3.72. The van der Waals surface area contributed by atoms with E-state index in [1.807, 2.05) is 45.0 Å². The van der Waals surface area contributed by atoms with Gasteiger partial charge in [0.2, 0.25) is 0 Å². The van der Waals surface area contributed by atoms with E-state index >= 15 is 0 Å². The summed E-state index contributed by atoms with van der Waals surface area (Å²) in [7, 11) is -8.53. The highest BCUT2D eigenvalue weighted by atomic mass is 32.3. The van der Waals surface area contributed by atoms with Crippen LogP contribution in [0, 0.1) is 20.8 Å². The third-order valence-corrected chi connectivity index (χ3v) is 9.23. The lowest BCUT2D eigenvalue weighted by atomic mass is 10.1. The van der Waals surface area contributed by atoms with Gasteiger partial charge in [-0.1, -0.05) is 68.9 Å². The Morgan fingerprint density at radius 1 is 0.567 bits per heavy atom. The first-order valence-electron chi connectivity index (χ1n) is 9.57. The van der Waals surface area contributed by atoms with Gasteiger partial charge in [-0.3, -0.25) is 0 Å². The number of sulfonamides is 2. The largest absolute Gasteiger partial charge is 0.256 e. The predicted octanol–water partition coefficient (Wildman–Crippen LogP) is 4.23. The van der Waals surface area contributed by atoms with Crippen LogP contribution in [0.25, 0.3) is 0 Å². The van der Waals surface area contributed by atoms with Crippen LogP contribution in [0.5, 0.6) is 0 Å². The normalized spacial score (nSPS) is 12.3. The Hall–Kier alpha value is -2.48. The third kappa shape index (κ3) is 4.80. The van der Waals surface area contributed by atoms with Gasteiger partial charge in [0.25, 0.3) is 20.0 Å². The molecule has 0 N–H and O–H groups in total. The monoisotopic (exact) mass is 443 g/mol. The molecule has 0 atom stereocenters. The van der Waals surface area contributed by atoms with Crippen molar-refractivity contribution in [2.75, 3.05) is 6.54 Å². The molecule has 0 radical (unpaired) electrons. The molecule has 0 amide bonds. The summed E-state index contributed by atoms with van der Waals surface area (Å²) >= 11 is 0. The molecule has 30 heavy (non-hydrogen) atoms. The zero-order valence-corrected chi connectivity index (χ0v) is 18.9. The Kier molecular flexibility index (Phi) is 6.45. The minimum absolute atomic E-state index is 0.0484. The zero-order valence-electron chi connectivity index (χ0n) is 17.2. The first-order valence-corrected chi connectivity index (χ1v) is 12.5. The maximum Gasteiger partial charge on any atom is 0.256 e. The molecule has 0 unspecified atom stereocenters. The minimum atomic E-state index is -4.27. The fraction of sp³-hybridized carbons (Fsp3) is 0.217. The number of nitrogens with zero attached hydrogens (tertiary/aromatic N) is 1. The lowest BCUT2D eigenvalue weighted by molar-refractivity contribution is 0.497. The van der Waals surface area contributed by atoms with Gasteiger partial charge in [0.05, 0.1) is 9.79 Å². The van der Waals surface area contributed by atoms with Crippen LogP contribution in [-0.4, -0.2) is 27.1 Å². The highest BCUT2D eigenvalue weighted by Gasteiger charge is 2.36. The van der Waals surface area contributed by atoms with Crippen molar-refractivity contribution < 1.29 is 16.8 Å². The van der Waals surface area contributed by atoms with Crippen LogP contribution in [-0.2, 0) is 26.5 Å². The Morgan fingerprint density at radius 3 is 1.27 bits per heavy atom. The van der Waals surface area contributed by atoms with Crippen molar-refractivity contribution in [3.63, 3.8) is 0 Å². The van der Waals surface area contributed by atoms with Crippen molar-refractivity contribution in [2.24, 2.45) is 0 Å². The minimum Gasteiger partial charge on any atom is -0.206 e. The van der Waals surface area contributed by atoms with Gasteiger partial charge < -0.3 is 0 Å². The molecule has 3 aromatic rings. The van der Waals surface area contributed by atoms with Crippen LogP contribution in [0.1, 0.15) is 22.3 Å². The van der Waals surface area contributed by atoms with Crippen LogP contribution in [0.3, 0.4) is 0 Å². The number of rotatable bonds is 7. The smallest absolute Gasteiger partial charge is 0.206 e. The van der Waals surface area contributed by atoms with E-state index < -0.39 is 20.0 Å². The van der Waals surface area contributed by atoms with Gasteiger partial charge >= 0.3 is 0 Å². The Labute approximate surface area is 179 Å². The molecule has 0 saturated carbocycles. The van der Waals surface area contributed by atoms with Gasteiger partial charge in [-0.05, 0) is 57.0 Å². The van der Waals surface area contributed by atoms with Crippen molar-refractivity contribution in [1.82, 2.24) is 3.71 Å². The summed E-state index contributed by atoms with van der Waals surface area (Å²) in [6.45, 7) is 5.46. The molecule has 0 aromatic heterocycles. The van der Waals surface area contributed by atoms with E-state index in [0.29, 0.717) is 3.71 Å². The van der Waals surface area contributed by atoms with Crippen LogP contribution >= 0.6 is 0 Å². The van der Waals surface area contributed by atoms with E-state index in [1.165, 1.54) is 24.3 Å². The van der Waals surface area contributed by atoms with E-state index in [0.717, 1.165) is 22.3 Å². The topological polar surface area (TPSA) is 71.5 Å². The zero-order chi connectivity index (χ0) is 21.9. The molecule has 7 heteroatoms. The molecule has 5 nitrogen and oxygen atoms in total. The standard InChI is InChI=1S/C23H25NO4S2/c1-18-4-10-21(11-5-18)16-17-24(29(25,26)22-12-6-19(2)7-13-22)30(27,28)23-14-8-20(3)9-15-23/h4-15H,16-17H2,1-3H3. The second-order valence-electron chi connectivity index (χ2n) is 7.37. The fourth-order valence-corrected chi connectivity index (χ4v) is 6.64. The van der Waals surface area contributed by atoms with Gasteiger partial charge in [-0.15, -0.1) is 0 Å². The molecule has 0 bridgehead atoms. The summed E-state index contributed by atoms with van der Waals surface area (Å²) in [6, 6.07) is 20.0. The summed E-state index contributed by atoms with van der Waals surface area (Å²) < 4.78 is 54.0. The molecule has 3 rings (SSSR count). The van der Waals surface area contributed by atoms with E-state index in [1.54, 1.807) is 24.3 Å². The summed E-state index contributed by atoms with van der Waals surface area (Å²) in [6.07, 6.45) is 0.274. The molecule has 158 valence electrons. The number of hydrogen-bond acceptors (Lipinski definition) is 4. The average molecular weight is 444 g/mol. The van der Waals surface area contributed by atoms with E-state index in [4.69, 9.17) is 0 Å². The molecule has 3 aromatic carbocycles. The van der Waals surface area contributed by atoms with Gasteiger partial charge in [-0.2, -0.15) is 0 Å². The Balaban J connectivity index is 2.04. The SMILES string of the molecule is Cc1ccc(CCN(S(=O)(=O)c2ccc(C)cc2)S(=O)(=O)c2ccc(C)cc2)cc1. The van der Waals surface area contributed by atoms with Gasteiger partial charge in [0.1, 0.15) is 0 Å². The van der Waals surface area contributed by atoms with E-state index in [-0.39, 0.29) is 22.8 Å². The Bertz CT molecular complexity index is 1140. The third-order valence-electron chi connectivity index (χ3n) is 4.88. The molecule has 0 aliphatic rings. The highest BCUT2D eigenvalue weighted by Crippen LogP contribution is 2.25. The molecule has 0 saturated heterocycles. The lowest BCUT2D eigenvalue weighted by Crippen LogP contribution is -2.38. The molecular formula is C23H25NO4S2. The van der Waals surface area contributed by atoms with Crippen LogP contribution in [0.2, 0.25) is 0 Å². The molecule has 0 fully saturated rings. The van der Waals surface area contributed by atoms with Gasteiger partial charge in [-0.25, -0.2) is 16.8 Å². The van der Waals surface area contributed by atoms with Crippen LogP contribution in [0.15, 0.2) is 82.6 Å². The molecule has 0 spiro atoms. The second-order valence-corrected chi connectivity index (χ2v) is 11.3. The molecule has 0 aliphatic heterocycles. The first-order chi connectivity index (χ1) is 14.1. The summed E-state index contributed by atoms with van der Waals surface area (Å²) in [4.78, 5) is -0.0969. The van der Waals surface area contributed by atoms with Crippen molar-refractivity contribution in [2.45, 2.75) is 37.0 Å². The van der Waals surface area contributed by atoms with Crippen LogP contribution in [0.4, 0.5) is 0 Å². The second kappa shape index (κ2) is 8.71. The summed E-state index contributed by atoms with van der Waals surface area (Å²) in [5, 5.41) is 0. The molecule has 0 aliphatic carbocycles. The van der Waals surface area contributed by atoms with Crippen molar-refractivity contribution >= 4 is 20.0 Å². The van der Waals surface area contributed by atoms with E-state index in [2.05, 4.69) is 0 Å². The van der Waals surface area contributed by atoms with Crippen LogP contribution < -0.4 is 0 Å². The maximum atomic E-state index is 13.4. The van der Waals surface area contributed by atoms with E-state index in [9.17, 15) is 16.8 Å². The van der Waals surface area contributed by atoms with Gasteiger partial charge in [0.15, 0.2) is 0 Å². The predicted molar refractivity (Wildman–Crippen MR) is 118 cm³/mol. The maximum absolute atomic E-state index is 13.4. The molecule has 0 heterocycles. The average Bonchev–Trinajstić information content (AvgIpc) is 2.70. The van der Waals surface area contributed by atoms with Crippen molar-refractivity contribution in [3.05, 3.63) is 95.1 Å². The first kappa shape index (κ1) is 22.2. The lowest BCUT2D eigenvalue weighted by Gasteiger charge is -2.22. The highest BCUT2D eigenvalue weighted by molar-refractivity contribution is 8.04. The quantitative estimate of drug-likeness (QED) is 0.548. The number of aryl methyl sites for hydroxylation is 3. The van der Waals surface area contributed by atoms with Crippen molar-refractivity contribution in [3.8, 4) is 0 Å². The summed E-state index contributed by atoms with van der Waals surface area (Å²) in [5.74, 6) is 0. The number of hydrogen-bond donors (Lipinski definition) is 0. The van der Waals surface area contributed by atoms with Gasteiger partial charge in [0, 0.05) is 6.54 Å². The van der Waals surface area contributed by atoms with Crippen molar-refractivity contribution in [1.29, 1.82) is 0 Å². The fourth-order valence-electron chi connectivity index (χ4n) is 3.00.